The van der Waals surface area contributed by atoms with E-state index in [1.165, 1.54) is 12.1 Å². The van der Waals surface area contributed by atoms with Crippen LogP contribution in [0.4, 0.5) is 4.39 Å². The van der Waals surface area contributed by atoms with Crippen LogP contribution in [0, 0.1) is 5.82 Å². The highest BCUT2D eigenvalue weighted by Gasteiger charge is 2.08. The van der Waals surface area contributed by atoms with Gasteiger partial charge in [0.15, 0.2) is 0 Å². The quantitative estimate of drug-likeness (QED) is 0.855. The summed E-state index contributed by atoms with van der Waals surface area (Å²) in [7, 11) is 1.85. The molecule has 0 saturated heterocycles. The Hall–Kier alpha value is -1.75. The van der Waals surface area contributed by atoms with Gasteiger partial charge in [-0.15, -0.1) is 5.10 Å². The van der Waals surface area contributed by atoms with Crippen molar-refractivity contribution in [2.45, 2.75) is 13.0 Å². The summed E-state index contributed by atoms with van der Waals surface area (Å²) in [6, 6.07) is 6.38. The van der Waals surface area contributed by atoms with Crippen LogP contribution in [0.5, 0.6) is 0 Å². The lowest BCUT2D eigenvalue weighted by Gasteiger charge is -2.03. The lowest BCUT2D eigenvalue weighted by Crippen LogP contribution is -2.12. The van der Waals surface area contributed by atoms with Crippen LogP contribution in [0.25, 0.3) is 5.69 Å². The predicted molar refractivity (Wildman–Crippen MR) is 58.8 cm³/mol. The molecule has 1 atom stereocenters. The van der Waals surface area contributed by atoms with Crippen molar-refractivity contribution in [2.75, 3.05) is 7.05 Å². The molecule has 1 unspecified atom stereocenters. The number of hydrogen-bond donors (Lipinski definition) is 1. The molecular formula is C11H13FN4. The van der Waals surface area contributed by atoms with E-state index in [4.69, 9.17) is 0 Å². The molecule has 1 aromatic carbocycles. The highest BCUT2D eigenvalue weighted by atomic mass is 19.1. The van der Waals surface area contributed by atoms with Crippen molar-refractivity contribution in [3.63, 3.8) is 0 Å². The molecule has 84 valence electrons. The zero-order valence-electron chi connectivity index (χ0n) is 9.18. The molecule has 0 aliphatic heterocycles. The summed E-state index contributed by atoms with van der Waals surface area (Å²) in [5.74, 6) is -0.281. The number of nitrogens with one attached hydrogen (secondary N) is 1. The van der Waals surface area contributed by atoms with Crippen LogP contribution in [0.1, 0.15) is 18.7 Å². The van der Waals surface area contributed by atoms with Crippen molar-refractivity contribution in [1.29, 1.82) is 0 Å². The van der Waals surface area contributed by atoms with E-state index in [1.54, 1.807) is 23.0 Å². The fraction of sp³-hybridized carbons (Fsp3) is 0.273. The second kappa shape index (κ2) is 4.40. The maximum absolute atomic E-state index is 13.0. The Kier molecular flexibility index (Phi) is 2.96. The number of halogens is 1. The standard InChI is InChI=1S/C11H13FN4/c1-8(13-2)11-7-16(15-14-11)10-5-3-4-9(12)6-10/h3-8,13H,1-2H3. The smallest absolute Gasteiger partial charge is 0.125 e. The molecule has 0 saturated carbocycles. The van der Waals surface area contributed by atoms with Gasteiger partial charge in [-0.05, 0) is 32.2 Å². The van der Waals surface area contributed by atoms with Crippen molar-refractivity contribution in [2.24, 2.45) is 0 Å². The third-order valence-electron chi connectivity index (χ3n) is 2.46. The van der Waals surface area contributed by atoms with Crippen LogP contribution >= 0.6 is 0 Å². The van der Waals surface area contributed by atoms with Crippen molar-refractivity contribution in [3.8, 4) is 5.69 Å². The van der Waals surface area contributed by atoms with Gasteiger partial charge >= 0.3 is 0 Å². The van der Waals surface area contributed by atoms with E-state index in [2.05, 4.69) is 15.6 Å². The van der Waals surface area contributed by atoms with Crippen LogP contribution in [0.3, 0.4) is 0 Å². The summed E-state index contributed by atoms with van der Waals surface area (Å²) < 4.78 is 14.6. The van der Waals surface area contributed by atoms with E-state index < -0.39 is 0 Å². The monoisotopic (exact) mass is 220 g/mol. The first-order valence-corrected chi connectivity index (χ1v) is 5.06. The molecule has 5 heteroatoms. The number of hydrogen-bond acceptors (Lipinski definition) is 3. The fourth-order valence-corrected chi connectivity index (χ4v) is 1.37. The second-order valence-electron chi connectivity index (χ2n) is 3.58. The van der Waals surface area contributed by atoms with Gasteiger partial charge in [0.1, 0.15) is 5.82 Å². The van der Waals surface area contributed by atoms with Gasteiger partial charge in [-0.3, -0.25) is 0 Å². The molecule has 1 N–H and O–H groups in total. The second-order valence-corrected chi connectivity index (χ2v) is 3.58. The molecule has 4 nitrogen and oxygen atoms in total. The van der Waals surface area contributed by atoms with Crippen LogP contribution in [0.2, 0.25) is 0 Å². The van der Waals surface area contributed by atoms with Gasteiger partial charge in [0.25, 0.3) is 0 Å². The van der Waals surface area contributed by atoms with E-state index >= 15 is 0 Å². The molecule has 0 fully saturated rings. The Labute approximate surface area is 93.1 Å². The van der Waals surface area contributed by atoms with E-state index in [1.807, 2.05) is 14.0 Å². The van der Waals surface area contributed by atoms with Crippen molar-refractivity contribution >= 4 is 0 Å². The largest absolute Gasteiger partial charge is 0.312 e. The average Bonchev–Trinajstić information content (AvgIpc) is 2.77. The van der Waals surface area contributed by atoms with E-state index in [9.17, 15) is 4.39 Å². The van der Waals surface area contributed by atoms with Crippen LogP contribution < -0.4 is 5.32 Å². The molecule has 2 rings (SSSR count). The first kappa shape index (κ1) is 10.8. The maximum Gasteiger partial charge on any atom is 0.125 e. The Morgan fingerprint density at radius 2 is 2.25 bits per heavy atom. The summed E-state index contributed by atoms with van der Waals surface area (Å²) in [5, 5.41) is 11.0. The molecule has 0 aliphatic carbocycles. The molecule has 0 aliphatic rings. The summed E-state index contributed by atoms with van der Waals surface area (Å²) in [6.07, 6.45) is 1.79. The molecule has 16 heavy (non-hydrogen) atoms. The van der Waals surface area contributed by atoms with Gasteiger partial charge in [0.2, 0.25) is 0 Å². The summed E-state index contributed by atoms with van der Waals surface area (Å²) in [4.78, 5) is 0. The Morgan fingerprint density at radius 3 is 2.94 bits per heavy atom. The van der Waals surface area contributed by atoms with Crippen molar-refractivity contribution in [3.05, 3.63) is 42.0 Å². The average molecular weight is 220 g/mol. The van der Waals surface area contributed by atoms with Crippen LogP contribution in [0.15, 0.2) is 30.5 Å². The first-order chi connectivity index (χ1) is 7.70. The molecule has 0 spiro atoms. The third kappa shape index (κ3) is 2.09. The first-order valence-electron chi connectivity index (χ1n) is 5.06. The Bertz CT molecular complexity index is 480. The minimum absolute atomic E-state index is 0.127. The van der Waals surface area contributed by atoms with Crippen molar-refractivity contribution < 1.29 is 4.39 Å². The molecule has 1 heterocycles. The number of nitrogens with zero attached hydrogens (tertiary/aromatic N) is 3. The van der Waals surface area contributed by atoms with E-state index in [0.717, 1.165) is 5.69 Å². The van der Waals surface area contributed by atoms with E-state index in [-0.39, 0.29) is 11.9 Å². The topological polar surface area (TPSA) is 42.7 Å². The Morgan fingerprint density at radius 1 is 1.44 bits per heavy atom. The minimum atomic E-state index is -0.281. The molecule has 0 amide bonds. The highest BCUT2D eigenvalue weighted by Crippen LogP contribution is 2.12. The normalized spacial score (nSPS) is 12.7. The van der Waals surface area contributed by atoms with Gasteiger partial charge in [-0.1, -0.05) is 11.3 Å². The zero-order chi connectivity index (χ0) is 11.5. The zero-order valence-corrected chi connectivity index (χ0v) is 9.18. The minimum Gasteiger partial charge on any atom is -0.312 e. The number of rotatable bonds is 3. The Balaban J connectivity index is 2.31. The lowest BCUT2D eigenvalue weighted by molar-refractivity contribution is 0.624. The SMILES string of the molecule is CNC(C)c1cn(-c2cccc(F)c2)nn1. The van der Waals surface area contributed by atoms with Gasteiger partial charge in [0, 0.05) is 6.04 Å². The molecule has 0 bridgehead atoms. The molecule has 2 aromatic rings. The van der Waals surface area contributed by atoms with Gasteiger partial charge in [-0.25, -0.2) is 9.07 Å². The summed E-state index contributed by atoms with van der Waals surface area (Å²) in [6.45, 7) is 1.99. The number of benzene rings is 1. The fourth-order valence-electron chi connectivity index (χ4n) is 1.37. The van der Waals surface area contributed by atoms with Crippen LogP contribution in [-0.4, -0.2) is 22.0 Å². The predicted octanol–water partition coefficient (Wildman–Crippen LogP) is 1.69. The van der Waals surface area contributed by atoms with Crippen LogP contribution in [-0.2, 0) is 0 Å². The lowest BCUT2D eigenvalue weighted by atomic mass is 10.2. The van der Waals surface area contributed by atoms with Crippen molar-refractivity contribution in [1.82, 2.24) is 20.3 Å². The maximum atomic E-state index is 13.0. The van der Waals surface area contributed by atoms with Gasteiger partial charge < -0.3 is 5.32 Å². The molecule has 1 aromatic heterocycles. The summed E-state index contributed by atoms with van der Waals surface area (Å²) in [5.41, 5.74) is 1.49. The van der Waals surface area contributed by atoms with Gasteiger partial charge in [0.05, 0.1) is 17.6 Å². The molecule has 0 radical (unpaired) electrons. The summed E-state index contributed by atoms with van der Waals surface area (Å²) >= 11 is 0. The molecular weight excluding hydrogens is 207 g/mol. The van der Waals surface area contributed by atoms with Gasteiger partial charge in [-0.2, -0.15) is 0 Å². The highest BCUT2D eigenvalue weighted by molar-refractivity contribution is 5.31. The number of aromatic nitrogens is 3. The third-order valence-corrected chi connectivity index (χ3v) is 2.46. The van der Waals surface area contributed by atoms with E-state index in [0.29, 0.717) is 5.69 Å².